The highest BCUT2D eigenvalue weighted by atomic mass is 16.5. The van der Waals surface area contributed by atoms with E-state index in [4.69, 9.17) is 4.74 Å². The van der Waals surface area contributed by atoms with Gasteiger partial charge in [-0.25, -0.2) is 0 Å². The Hall–Kier alpha value is -1.35. The molecule has 1 saturated carbocycles. The van der Waals surface area contributed by atoms with Crippen molar-refractivity contribution >= 4 is 0 Å². The standard InChI is InChI=1S/C19H24O3/c1-11-7-12-13(8-14(20)17(11)21)19-6-4-5-18(2,3)16(19)9-15(12)22-10-19/h7-8,15-16H,4-6,9-10H2,1-3H3,(H,20,21)/t15-,16+,19-/m0/s1. The summed E-state index contributed by atoms with van der Waals surface area (Å²) in [4.78, 5) is 12.3. The zero-order chi connectivity index (χ0) is 15.7. The molecule has 0 radical (unpaired) electrons. The third-order valence-corrected chi connectivity index (χ3v) is 6.49. The molecule has 3 atom stereocenters. The van der Waals surface area contributed by atoms with Crippen molar-refractivity contribution in [2.75, 3.05) is 6.61 Å². The summed E-state index contributed by atoms with van der Waals surface area (Å²) in [5, 5.41) is 10.1. The smallest absolute Gasteiger partial charge is 0.220 e. The summed E-state index contributed by atoms with van der Waals surface area (Å²) < 4.78 is 6.15. The van der Waals surface area contributed by atoms with Crippen LogP contribution < -0.4 is 5.43 Å². The van der Waals surface area contributed by atoms with Gasteiger partial charge in [-0.2, -0.15) is 0 Å². The van der Waals surface area contributed by atoms with Crippen LogP contribution in [0.1, 0.15) is 62.3 Å². The van der Waals surface area contributed by atoms with Crippen LogP contribution in [0.5, 0.6) is 5.75 Å². The van der Waals surface area contributed by atoms with Gasteiger partial charge in [0.15, 0.2) is 5.75 Å². The van der Waals surface area contributed by atoms with Crippen LogP contribution in [0.2, 0.25) is 0 Å². The fraction of sp³-hybridized carbons (Fsp3) is 0.632. The fourth-order valence-electron chi connectivity index (χ4n) is 5.38. The average Bonchev–Trinajstić information content (AvgIpc) is 2.59. The molecule has 1 aromatic carbocycles. The maximum Gasteiger partial charge on any atom is 0.220 e. The van der Waals surface area contributed by atoms with E-state index in [0.29, 0.717) is 11.5 Å². The van der Waals surface area contributed by atoms with E-state index in [2.05, 4.69) is 13.8 Å². The van der Waals surface area contributed by atoms with Crippen molar-refractivity contribution in [3.63, 3.8) is 0 Å². The summed E-state index contributed by atoms with van der Waals surface area (Å²) in [6.45, 7) is 7.26. The van der Waals surface area contributed by atoms with Crippen molar-refractivity contribution in [2.45, 2.75) is 58.0 Å². The molecule has 2 fully saturated rings. The van der Waals surface area contributed by atoms with Crippen LogP contribution in [0.4, 0.5) is 0 Å². The van der Waals surface area contributed by atoms with Crippen LogP contribution in [0.3, 0.4) is 0 Å². The van der Waals surface area contributed by atoms with Gasteiger partial charge in [0.1, 0.15) is 0 Å². The Bertz CT molecular complexity index is 706. The molecule has 2 bridgehead atoms. The van der Waals surface area contributed by atoms with Gasteiger partial charge in [-0.1, -0.05) is 20.3 Å². The minimum atomic E-state index is -0.247. The van der Waals surface area contributed by atoms with Crippen LogP contribution in [-0.2, 0) is 10.2 Å². The number of rotatable bonds is 0. The molecule has 3 nitrogen and oxygen atoms in total. The zero-order valence-electron chi connectivity index (χ0n) is 13.6. The molecule has 0 amide bonds. The van der Waals surface area contributed by atoms with Crippen molar-refractivity contribution in [2.24, 2.45) is 11.3 Å². The SMILES string of the molecule is Cc1cc2c(cc(=O)c1O)[C@@]13CCCC(C)(C)[C@H]1C[C@@H]2OC3. The number of aromatic hydroxyl groups is 1. The summed E-state index contributed by atoms with van der Waals surface area (Å²) in [5.41, 5.74) is 2.94. The van der Waals surface area contributed by atoms with Crippen molar-refractivity contribution in [1.29, 1.82) is 0 Å². The van der Waals surface area contributed by atoms with Crippen molar-refractivity contribution in [1.82, 2.24) is 0 Å². The largest absolute Gasteiger partial charge is 0.504 e. The molecule has 2 aliphatic heterocycles. The second kappa shape index (κ2) is 4.35. The van der Waals surface area contributed by atoms with E-state index in [1.54, 1.807) is 13.0 Å². The Morgan fingerprint density at radius 2 is 2.05 bits per heavy atom. The minimum Gasteiger partial charge on any atom is -0.504 e. The molecule has 0 aromatic heterocycles. The Morgan fingerprint density at radius 1 is 1.27 bits per heavy atom. The van der Waals surface area contributed by atoms with E-state index < -0.39 is 0 Å². The van der Waals surface area contributed by atoms with Crippen LogP contribution in [0.15, 0.2) is 16.9 Å². The van der Waals surface area contributed by atoms with Gasteiger partial charge in [0.25, 0.3) is 0 Å². The lowest BCUT2D eigenvalue weighted by Gasteiger charge is -2.60. The van der Waals surface area contributed by atoms with Gasteiger partial charge in [0.05, 0.1) is 12.7 Å². The third kappa shape index (κ3) is 1.69. The molecule has 4 aliphatic rings. The van der Waals surface area contributed by atoms with Gasteiger partial charge in [-0.15, -0.1) is 0 Å². The number of hydrogen-bond acceptors (Lipinski definition) is 3. The number of aryl methyl sites for hydroxylation is 1. The molecule has 1 aromatic rings. The predicted molar refractivity (Wildman–Crippen MR) is 85.2 cm³/mol. The Morgan fingerprint density at radius 3 is 2.82 bits per heavy atom. The van der Waals surface area contributed by atoms with E-state index in [1.165, 1.54) is 12.8 Å². The molecular formula is C19H24O3. The Balaban J connectivity index is 2.02. The second-order valence-corrected chi connectivity index (χ2v) is 8.14. The lowest BCUT2D eigenvalue weighted by Crippen LogP contribution is -2.56. The maximum absolute atomic E-state index is 12.3. The topological polar surface area (TPSA) is 46.5 Å². The predicted octanol–water partition coefficient (Wildman–Crippen LogP) is 3.60. The quantitative estimate of drug-likeness (QED) is 0.796. The lowest BCUT2D eigenvalue weighted by molar-refractivity contribution is -0.136. The molecule has 118 valence electrons. The van der Waals surface area contributed by atoms with Crippen molar-refractivity contribution in [3.05, 3.63) is 39.0 Å². The van der Waals surface area contributed by atoms with E-state index in [-0.39, 0.29) is 28.1 Å². The van der Waals surface area contributed by atoms with E-state index in [9.17, 15) is 9.90 Å². The second-order valence-electron chi connectivity index (χ2n) is 8.14. The first-order valence-electron chi connectivity index (χ1n) is 8.35. The Kier molecular flexibility index (Phi) is 2.82. The summed E-state index contributed by atoms with van der Waals surface area (Å²) in [6.07, 6.45) is 4.62. The van der Waals surface area contributed by atoms with Gasteiger partial charge < -0.3 is 9.84 Å². The van der Waals surface area contributed by atoms with Gasteiger partial charge in [-0.05, 0) is 66.3 Å². The molecule has 1 saturated heterocycles. The number of hydrogen-bond donors (Lipinski definition) is 1. The first-order chi connectivity index (χ1) is 10.3. The molecule has 2 aliphatic carbocycles. The summed E-state index contributed by atoms with van der Waals surface area (Å²) in [7, 11) is 0. The molecule has 3 heteroatoms. The fourth-order valence-corrected chi connectivity index (χ4v) is 5.38. The molecule has 1 N–H and O–H groups in total. The molecule has 22 heavy (non-hydrogen) atoms. The molecular weight excluding hydrogens is 276 g/mol. The summed E-state index contributed by atoms with van der Waals surface area (Å²) in [6, 6.07) is 3.69. The van der Waals surface area contributed by atoms with Crippen molar-refractivity contribution in [3.8, 4) is 5.75 Å². The summed E-state index contributed by atoms with van der Waals surface area (Å²) >= 11 is 0. The van der Waals surface area contributed by atoms with Crippen LogP contribution in [-0.4, -0.2) is 11.7 Å². The van der Waals surface area contributed by atoms with Gasteiger partial charge in [-0.3, -0.25) is 4.79 Å². The first-order valence-corrected chi connectivity index (χ1v) is 8.35. The minimum absolute atomic E-state index is 0.0388. The highest BCUT2D eigenvalue weighted by molar-refractivity contribution is 5.46. The highest BCUT2D eigenvalue weighted by Crippen LogP contribution is 2.62. The van der Waals surface area contributed by atoms with E-state index in [1.807, 2.05) is 6.07 Å². The van der Waals surface area contributed by atoms with Gasteiger partial charge >= 0.3 is 0 Å². The lowest BCUT2D eigenvalue weighted by atomic mass is 9.48. The maximum atomic E-state index is 12.3. The molecule has 2 heterocycles. The normalized spacial score (nSPS) is 34.9. The third-order valence-electron chi connectivity index (χ3n) is 6.49. The molecule has 5 rings (SSSR count). The van der Waals surface area contributed by atoms with Crippen LogP contribution in [0, 0.1) is 18.3 Å². The van der Waals surface area contributed by atoms with E-state index in [0.717, 1.165) is 30.6 Å². The zero-order valence-corrected chi connectivity index (χ0v) is 13.6. The van der Waals surface area contributed by atoms with Gasteiger partial charge in [0.2, 0.25) is 5.43 Å². The molecule has 0 unspecified atom stereocenters. The van der Waals surface area contributed by atoms with Crippen molar-refractivity contribution < 1.29 is 9.84 Å². The highest BCUT2D eigenvalue weighted by Gasteiger charge is 2.58. The average molecular weight is 300 g/mol. The number of ether oxygens (including phenoxy) is 1. The monoisotopic (exact) mass is 300 g/mol. The number of fused-ring (bicyclic) bond motifs is 1. The van der Waals surface area contributed by atoms with E-state index >= 15 is 0 Å². The van der Waals surface area contributed by atoms with Gasteiger partial charge in [0, 0.05) is 5.41 Å². The van der Waals surface area contributed by atoms with Crippen LogP contribution in [0.25, 0.3) is 0 Å². The Labute approximate surface area is 131 Å². The van der Waals surface area contributed by atoms with Crippen LogP contribution >= 0.6 is 0 Å². The summed E-state index contributed by atoms with van der Waals surface area (Å²) in [5.74, 6) is 0.445. The first kappa shape index (κ1) is 14.3. The molecule has 1 spiro atoms.